The number of hydrogen-bond donors (Lipinski definition) is 1. The summed E-state index contributed by atoms with van der Waals surface area (Å²) < 4.78 is 5.28. The first kappa shape index (κ1) is 16.8. The average Bonchev–Trinajstić information content (AvgIpc) is 2.43. The lowest BCUT2D eigenvalue weighted by atomic mass is 10.0. The third kappa shape index (κ3) is 4.71. The van der Waals surface area contributed by atoms with Crippen molar-refractivity contribution >= 4 is 12.0 Å². The highest BCUT2D eigenvalue weighted by Gasteiger charge is 2.33. The minimum atomic E-state index is -0.494. The number of carbonyl (C=O) groups is 2. The molecule has 1 aromatic carbocycles. The second-order valence-electron chi connectivity index (χ2n) is 6.65. The number of benzene rings is 1. The predicted octanol–water partition coefficient (Wildman–Crippen LogP) is 2.15. The maximum atomic E-state index is 12.0. The van der Waals surface area contributed by atoms with Crippen molar-refractivity contribution in [3.63, 3.8) is 0 Å². The molecule has 1 heterocycles. The van der Waals surface area contributed by atoms with Crippen LogP contribution >= 0.6 is 0 Å². The van der Waals surface area contributed by atoms with E-state index in [1.807, 2.05) is 26.8 Å². The summed E-state index contributed by atoms with van der Waals surface area (Å²) in [5.41, 5.74) is 0.548. The van der Waals surface area contributed by atoms with Crippen LogP contribution < -0.4 is 5.32 Å². The quantitative estimate of drug-likeness (QED) is 0.926. The Balaban J connectivity index is 1.73. The number of nitrogens with zero attached hydrogens (tertiary/aromatic N) is 2. The lowest BCUT2D eigenvalue weighted by molar-refractivity contribution is -0.000532. The van der Waals surface area contributed by atoms with E-state index in [2.05, 4.69) is 5.32 Å². The lowest BCUT2D eigenvalue weighted by Gasteiger charge is -2.39. The van der Waals surface area contributed by atoms with Crippen LogP contribution in [0.5, 0.6) is 0 Å². The van der Waals surface area contributed by atoms with Gasteiger partial charge in [-0.3, -0.25) is 4.79 Å². The molecular weight excluding hydrogens is 294 g/mol. The van der Waals surface area contributed by atoms with Crippen molar-refractivity contribution in [1.82, 2.24) is 10.2 Å². The monoisotopic (exact) mass is 315 g/mol. The van der Waals surface area contributed by atoms with E-state index in [-0.39, 0.29) is 17.9 Å². The van der Waals surface area contributed by atoms with Gasteiger partial charge >= 0.3 is 6.09 Å². The zero-order valence-electron chi connectivity index (χ0n) is 13.6. The summed E-state index contributed by atoms with van der Waals surface area (Å²) in [6.07, 6.45) is -0.313. The van der Waals surface area contributed by atoms with Crippen molar-refractivity contribution in [2.24, 2.45) is 5.92 Å². The highest BCUT2D eigenvalue weighted by atomic mass is 16.6. The lowest BCUT2D eigenvalue weighted by Crippen LogP contribution is -2.54. The van der Waals surface area contributed by atoms with Gasteiger partial charge in [-0.2, -0.15) is 5.26 Å². The maximum absolute atomic E-state index is 12.0. The van der Waals surface area contributed by atoms with Crippen LogP contribution in [0.4, 0.5) is 4.79 Å². The van der Waals surface area contributed by atoms with E-state index < -0.39 is 5.60 Å². The van der Waals surface area contributed by atoms with Crippen molar-refractivity contribution in [1.29, 1.82) is 5.26 Å². The van der Waals surface area contributed by atoms with Gasteiger partial charge in [0.05, 0.1) is 11.6 Å². The Morgan fingerprint density at radius 3 is 2.43 bits per heavy atom. The minimum absolute atomic E-state index is 0.176. The Morgan fingerprint density at radius 2 is 1.91 bits per heavy atom. The van der Waals surface area contributed by atoms with E-state index >= 15 is 0 Å². The highest BCUT2D eigenvalue weighted by Crippen LogP contribution is 2.19. The number of ether oxygens (including phenoxy) is 1. The van der Waals surface area contributed by atoms with Crippen LogP contribution in [0.15, 0.2) is 24.3 Å². The van der Waals surface area contributed by atoms with E-state index in [1.165, 1.54) is 0 Å². The number of rotatable bonds is 3. The third-order valence-electron chi connectivity index (χ3n) is 3.44. The number of nitriles is 1. The Kier molecular flexibility index (Phi) is 4.89. The first-order chi connectivity index (χ1) is 10.8. The standard InChI is InChI=1S/C17H21N3O3/c1-17(2,3)23-16(22)20-10-13(11-20)9-19-15(21)14-6-4-12(8-18)5-7-14/h4-7,13H,9-11H2,1-3H3,(H,19,21). The molecule has 122 valence electrons. The zero-order valence-corrected chi connectivity index (χ0v) is 13.6. The molecule has 1 aliphatic rings. The largest absolute Gasteiger partial charge is 0.444 e. The van der Waals surface area contributed by atoms with Gasteiger partial charge in [0.2, 0.25) is 0 Å². The van der Waals surface area contributed by atoms with Crippen LogP contribution in [0, 0.1) is 17.2 Å². The Morgan fingerprint density at radius 1 is 1.30 bits per heavy atom. The van der Waals surface area contributed by atoms with Gasteiger partial charge in [0.15, 0.2) is 0 Å². The fourth-order valence-electron chi connectivity index (χ4n) is 2.21. The summed E-state index contributed by atoms with van der Waals surface area (Å²) >= 11 is 0. The fourth-order valence-corrected chi connectivity index (χ4v) is 2.21. The predicted molar refractivity (Wildman–Crippen MR) is 84.8 cm³/mol. The normalized spacial score (nSPS) is 14.6. The Hall–Kier alpha value is -2.55. The van der Waals surface area contributed by atoms with Gasteiger partial charge in [-0.25, -0.2) is 4.79 Å². The van der Waals surface area contributed by atoms with Crippen LogP contribution in [0.2, 0.25) is 0 Å². The van der Waals surface area contributed by atoms with Gasteiger partial charge in [0, 0.05) is 31.1 Å². The molecule has 23 heavy (non-hydrogen) atoms. The van der Waals surface area contributed by atoms with Crippen molar-refractivity contribution < 1.29 is 14.3 Å². The van der Waals surface area contributed by atoms with Crippen LogP contribution in [-0.2, 0) is 4.74 Å². The second kappa shape index (κ2) is 6.69. The van der Waals surface area contributed by atoms with Gasteiger partial charge in [0.25, 0.3) is 5.91 Å². The van der Waals surface area contributed by atoms with Gasteiger partial charge < -0.3 is 15.0 Å². The Labute approximate surface area is 136 Å². The molecule has 0 aromatic heterocycles. The summed E-state index contributed by atoms with van der Waals surface area (Å²) in [4.78, 5) is 25.4. The van der Waals surface area contributed by atoms with E-state index in [0.29, 0.717) is 30.8 Å². The number of hydrogen-bond acceptors (Lipinski definition) is 4. The SMILES string of the molecule is CC(C)(C)OC(=O)N1CC(CNC(=O)c2ccc(C#N)cc2)C1. The summed E-state index contributed by atoms with van der Waals surface area (Å²) in [5, 5.41) is 11.6. The molecule has 0 saturated carbocycles. The van der Waals surface area contributed by atoms with E-state index in [1.54, 1.807) is 29.2 Å². The van der Waals surface area contributed by atoms with Crippen LogP contribution in [-0.4, -0.2) is 42.1 Å². The van der Waals surface area contributed by atoms with Crippen molar-refractivity contribution in [3.8, 4) is 6.07 Å². The molecule has 0 radical (unpaired) electrons. The number of amides is 2. The summed E-state index contributed by atoms with van der Waals surface area (Å²) in [6, 6.07) is 8.49. The first-order valence-electron chi connectivity index (χ1n) is 7.55. The highest BCUT2D eigenvalue weighted by molar-refractivity contribution is 5.94. The van der Waals surface area contributed by atoms with Crippen molar-refractivity contribution in [2.45, 2.75) is 26.4 Å². The Bertz CT molecular complexity index is 620. The van der Waals surface area contributed by atoms with Crippen LogP contribution in [0.25, 0.3) is 0 Å². The van der Waals surface area contributed by atoms with Gasteiger partial charge in [0.1, 0.15) is 5.60 Å². The molecule has 1 aromatic rings. The topological polar surface area (TPSA) is 82.4 Å². The molecular formula is C17H21N3O3. The van der Waals surface area contributed by atoms with Gasteiger partial charge in [-0.05, 0) is 45.0 Å². The van der Waals surface area contributed by atoms with Crippen molar-refractivity contribution in [2.75, 3.05) is 19.6 Å². The minimum Gasteiger partial charge on any atom is -0.444 e. The number of nitrogens with one attached hydrogen (secondary N) is 1. The smallest absolute Gasteiger partial charge is 0.410 e. The van der Waals surface area contributed by atoms with E-state index in [4.69, 9.17) is 10.00 Å². The summed E-state index contributed by atoms with van der Waals surface area (Å²) in [7, 11) is 0. The van der Waals surface area contributed by atoms with E-state index in [0.717, 1.165) is 0 Å². The third-order valence-corrected chi connectivity index (χ3v) is 3.44. The summed E-state index contributed by atoms with van der Waals surface area (Å²) in [5.74, 6) is 0.0649. The van der Waals surface area contributed by atoms with Gasteiger partial charge in [-0.15, -0.1) is 0 Å². The van der Waals surface area contributed by atoms with Crippen LogP contribution in [0.3, 0.4) is 0 Å². The number of likely N-dealkylation sites (tertiary alicyclic amines) is 1. The summed E-state index contributed by atoms with van der Waals surface area (Å²) in [6.45, 7) is 7.18. The van der Waals surface area contributed by atoms with Crippen LogP contribution in [0.1, 0.15) is 36.7 Å². The second-order valence-corrected chi connectivity index (χ2v) is 6.65. The first-order valence-corrected chi connectivity index (χ1v) is 7.55. The maximum Gasteiger partial charge on any atom is 0.410 e. The molecule has 6 heteroatoms. The van der Waals surface area contributed by atoms with Gasteiger partial charge in [-0.1, -0.05) is 0 Å². The average molecular weight is 315 g/mol. The molecule has 2 rings (SSSR count). The number of carbonyl (C=O) groups excluding carboxylic acids is 2. The molecule has 1 saturated heterocycles. The molecule has 0 atom stereocenters. The molecule has 0 bridgehead atoms. The molecule has 6 nitrogen and oxygen atoms in total. The molecule has 1 N–H and O–H groups in total. The zero-order chi connectivity index (χ0) is 17.0. The molecule has 0 spiro atoms. The van der Waals surface area contributed by atoms with E-state index in [9.17, 15) is 9.59 Å². The molecule has 0 unspecified atom stereocenters. The van der Waals surface area contributed by atoms with Crippen molar-refractivity contribution in [3.05, 3.63) is 35.4 Å². The fraction of sp³-hybridized carbons (Fsp3) is 0.471. The molecule has 1 aliphatic heterocycles. The molecule has 2 amide bonds. The molecule has 1 fully saturated rings. The molecule has 0 aliphatic carbocycles.